The van der Waals surface area contributed by atoms with Gasteiger partial charge in [-0.3, -0.25) is 9.52 Å². The molecule has 142 valence electrons. The molecule has 1 N–H and O–H groups in total. The van der Waals surface area contributed by atoms with E-state index >= 15 is 0 Å². The molecule has 9 heteroatoms. The second kappa shape index (κ2) is 7.36. The molecule has 0 unspecified atom stereocenters. The van der Waals surface area contributed by atoms with Gasteiger partial charge in [0.2, 0.25) is 10.0 Å². The highest BCUT2D eigenvalue weighted by atomic mass is 32.2. The number of nitrogens with one attached hydrogen (secondary N) is 1. The lowest BCUT2D eigenvalue weighted by molar-refractivity contribution is 0.604. The summed E-state index contributed by atoms with van der Waals surface area (Å²) in [7, 11) is -3.56. The van der Waals surface area contributed by atoms with Crippen molar-refractivity contribution in [2.75, 3.05) is 11.0 Å². The fraction of sp³-hybridized carbons (Fsp3) is 0.222. The molecule has 7 nitrogen and oxygen atoms in total. The number of rotatable bonds is 6. The number of pyridine rings is 1. The third kappa shape index (κ3) is 4.43. The van der Waals surface area contributed by atoms with Gasteiger partial charge in [0.05, 0.1) is 23.8 Å². The van der Waals surface area contributed by atoms with Gasteiger partial charge in [-0.25, -0.2) is 17.5 Å². The van der Waals surface area contributed by atoms with Gasteiger partial charge in [-0.05, 0) is 30.2 Å². The lowest BCUT2D eigenvalue weighted by Crippen LogP contribution is -2.19. The number of benzene rings is 1. The van der Waals surface area contributed by atoms with E-state index in [2.05, 4.69) is 9.82 Å². The SMILES string of the molecule is CCCn1cc(-n2cc(-c3ccc(NS(C)(=O)=O)c(F)c3)cn2)ccc1=O. The molecule has 0 aliphatic carbocycles. The predicted octanol–water partition coefficient (Wildman–Crippen LogP) is 2.62. The topological polar surface area (TPSA) is 86.0 Å². The lowest BCUT2D eigenvalue weighted by Gasteiger charge is -2.07. The summed E-state index contributed by atoms with van der Waals surface area (Å²) in [5.74, 6) is -0.679. The number of sulfonamides is 1. The van der Waals surface area contributed by atoms with Gasteiger partial charge in [0, 0.05) is 30.6 Å². The molecule has 0 bridgehead atoms. The van der Waals surface area contributed by atoms with Gasteiger partial charge in [0.15, 0.2) is 0 Å². The molecule has 3 aromatic rings. The molecule has 1 aromatic carbocycles. The van der Waals surface area contributed by atoms with Crippen molar-refractivity contribution in [3.63, 3.8) is 0 Å². The van der Waals surface area contributed by atoms with Crippen LogP contribution in [0.3, 0.4) is 0 Å². The van der Waals surface area contributed by atoms with Gasteiger partial charge in [0.1, 0.15) is 5.82 Å². The number of anilines is 1. The van der Waals surface area contributed by atoms with Gasteiger partial charge < -0.3 is 4.57 Å². The molecule has 2 aromatic heterocycles. The largest absolute Gasteiger partial charge is 0.313 e. The molecular formula is C18H19FN4O3S. The first-order chi connectivity index (χ1) is 12.8. The van der Waals surface area contributed by atoms with Crippen LogP contribution in [0.1, 0.15) is 13.3 Å². The van der Waals surface area contributed by atoms with Crippen molar-refractivity contribution < 1.29 is 12.8 Å². The van der Waals surface area contributed by atoms with E-state index in [-0.39, 0.29) is 11.2 Å². The van der Waals surface area contributed by atoms with E-state index < -0.39 is 15.8 Å². The third-order valence-corrected chi connectivity index (χ3v) is 4.47. The molecule has 27 heavy (non-hydrogen) atoms. The Kier molecular flexibility index (Phi) is 5.13. The molecule has 0 aliphatic rings. The molecule has 0 aliphatic heterocycles. The van der Waals surface area contributed by atoms with E-state index in [1.54, 1.807) is 40.0 Å². The molecule has 0 amide bonds. The molecular weight excluding hydrogens is 371 g/mol. The summed E-state index contributed by atoms with van der Waals surface area (Å²) in [6, 6.07) is 7.37. The van der Waals surface area contributed by atoms with Crippen molar-refractivity contribution in [1.29, 1.82) is 0 Å². The summed E-state index contributed by atoms with van der Waals surface area (Å²) in [6.07, 6.45) is 6.81. The van der Waals surface area contributed by atoms with Crippen molar-refractivity contribution >= 4 is 15.7 Å². The minimum absolute atomic E-state index is 0.0796. The maximum absolute atomic E-state index is 14.2. The number of aryl methyl sites for hydroxylation is 1. The maximum Gasteiger partial charge on any atom is 0.250 e. The quantitative estimate of drug-likeness (QED) is 0.701. The Labute approximate surface area is 156 Å². The van der Waals surface area contributed by atoms with Crippen LogP contribution in [0, 0.1) is 5.82 Å². The Morgan fingerprint density at radius 3 is 2.59 bits per heavy atom. The monoisotopic (exact) mass is 390 g/mol. The van der Waals surface area contributed by atoms with E-state index in [0.717, 1.165) is 12.7 Å². The smallest absolute Gasteiger partial charge is 0.250 e. The van der Waals surface area contributed by atoms with E-state index in [1.807, 2.05) is 6.92 Å². The van der Waals surface area contributed by atoms with E-state index in [1.165, 1.54) is 18.2 Å². The zero-order chi connectivity index (χ0) is 19.6. The van der Waals surface area contributed by atoms with Crippen LogP contribution in [0.5, 0.6) is 0 Å². The van der Waals surface area contributed by atoms with E-state index in [9.17, 15) is 17.6 Å². The first kappa shape index (κ1) is 18.8. The number of hydrogen-bond acceptors (Lipinski definition) is 4. The zero-order valence-electron chi connectivity index (χ0n) is 14.9. The second-order valence-corrected chi connectivity index (χ2v) is 7.91. The van der Waals surface area contributed by atoms with E-state index in [4.69, 9.17) is 0 Å². The minimum Gasteiger partial charge on any atom is -0.313 e. The molecule has 3 rings (SSSR count). The molecule has 0 saturated carbocycles. The summed E-state index contributed by atoms with van der Waals surface area (Å²) in [5, 5.41) is 4.27. The number of hydrogen-bond donors (Lipinski definition) is 1. The minimum atomic E-state index is -3.56. The highest BCUT2D eigenvalue weighted by Gasteiger charge is 2.11. The van der Waals surface area contributed by atoms with Gasteiger partial charge in [-0.15, -0.1) is 0 Å². The van der Waals surface area contributed by atoms with Crippen LogP contribution in [-0.2, 0) is 16.6 Å². The standard InChI is InChI=1S/C18H19FN4O3S/c1-3-8-22-12-15(5-7-18(22)24)23-11-14(10-20-23)13-4-6-17(16(19)9-13)21-27(2,25)26/h4-7,9-12,21H,3,8H2,1-2H3. The van der Waals surface area contributed by atoms with Gasteiger partial charge in [-0.2, -0.15) is 5.10 Å². The third-order valence-electron chi connectivity index (χ3n) is 3.88. The van der Waals surface area contributed by atoms with Crippen LogP contribution in [0.2, 0.25) is 0 Å². The van der Waals surface area contributed by atoms with Crippen LogP contribution >= 0.6 is 0 Å². The molecule has 2 heterocycles. The Hall–Kier alpha value is -2.94. The summed E-state index contributed by atoms with van der Waals surface area (Å²) < 4.78 is 42.0. The fourth-order valence-electron chi connectivity index (χ4n) is 2.66. The molecule has 0 radical (unpaired) electrons. The predicted molar refractivity (Wildman–Crippen MR) is 102 cm³/mol. The van der Waals surface area contributed by atoms with Gasteiger partial charge in [0.25, 0.3) is 5.56 Å². The Morgan fingerprint density at radius 1 is 1.15 bits per heavy atom. The first-order valence-corrected chi connectivity index (χ1v) is 10.2. The van der Waals surface area contributed by atoms with Crippen molar-refractivity contribution in [2.45, 2.75) is 19.9 Å². The normalized spacial score (nSPS) is 11.5. The zero-order valence-corrected chi connectivity index (χ0v) is 15.7. The summed E-state index contributed by atoms with van der Waals surface area (Å²) >= 11 is 0. The maximum atomic E-state index is 14.2. The number of halogens is 1. The van der Waals surface area contributed by atoms with Crippen LogP contribution in [-0.4, -0.2) is 29.0 Å². The van der Waals surface area contributed by atoms with Crippen molar-refractivity contribution in [2.24, 2.45) is 0 Å². The van der Waals surface area contributed by atoms with E-state index in [0.29, 0.717) is 23.4 Å². The van der Waals surface area contributed by atoms with Crippen LogP contribution < -0.4 is 10.3 Å². The summed E-state index contributed by atoms with van der Waals surface area (Å²) in [4.78, 5) is 11.8. The molecule has 0 fully saturated rings. The van der Waals surface area contributed by atoms with Gasteiger partial charge >= 0.3 is 0 Å². The summed E-state index contributed by atoms with van der Waals surface area (Å²) in [6.45, 7) is 2.60. The van der Waals surface area contributed by atoms with Crippen LogP contribution in [0.4, 0.5) is 10.1 Å². The van der Waals surface area contributed by atoms with Crippen molar-refractivity contribution in [3.8, 4) is 16.8 Å². The Morgan fingerprint density at radius 2 is 1.93 bits per heavy atom. The second-order valence-electron chi connectivity index (χ2n) is 6.16. The Balaban J connectivity index is 1.91. The molecule has 0 saturated heterocycles. The average molecular weight is 390 g/mol. The van der Waals surface area contributed by atoms with Crippen LogP contribution in [0.25, 0.3) is 16.8 Å². The Bertz CT molecular complexity index is 1140. The molecule has 0 atom stereocenters. The van der Waals surface area contributed by atoms with Crippen molar-refractivity contribution in [3.05, 3.63) is 65.1 Å². The van der Waals surface area contributed by atoms with Gasteiger partial charge in [-0.1, -0.05) is 13.0 Å². The highest BCUT2D eigenvalue weighted by Crippen LogP contribution is 2.25. The van der Waals surface area contributed by atoms with Crippen LogP contribution in [0.15, 0.2) is 53.7 Å². The highest BCUT2D eigenvalue weighted by molar-refractivity contribution is 7.92. The fourth-order valence-corrected chi connectivity index (χ4v) is 3.23. The first-order valence-electron chi connectivity index (χ1n) is 8.30. The molecule has 0 spiro atoms. The number of aromatic nitrogens is 3. The van der Waals surface area contributed by atoms with Crippen molar-refractivity contribution in [1.82, 2.24) is 14.3 Å². The lowest BCUT2D eigenvalue weighted by atomic mass is 10.1. The average Bonchev–Trinajstić information content (AvgIpc) is 3.08. The summed E-state index contributed by atoms with van der Waals surface area (Å²) in [5.41, 5.74) is 1.74. The number of nitrogens with zero attached hydrogens (tertiary/aromatic N) is 3.